The van der Waals surface area contributed by atoms with Gasteiger partial charge in [-0.2, -0.15) is 4.98 Å². The summed E-state index contributed by atoms with van der Waals surface area (Å²) in [5.41, 5.74) is 0.409. The Morgan fingerprint density at radius 3 is 2.50 bits per heavy atom. The highest BCUT2D eigenvalue weighted by Crippen LogP contribution is 2.17. The van der Waals surface area contributed by atoms with Crippen LogP contribution in [-0.2, 0) is 17.8 Å². The Kier molecular flexibility index (Phi) is 6.71. The number of benzene rings is 1. The number of aromatic nitrogens is 2. The van der Waals surface area contributed by atoms with Gasteiger partial charge in [-0.25, -0.2) is 0 Å². The Labute approximate surface area is 151 Å². The zero-order valence-electron chi connectivity index (χ0n) is 15.1. The molecule has 0 fully saturated rings. The molecular formula is C18H23N3O5. The van der Waals surface area contributed by atoms with Gasteiger partial charge in [-0.3, -0.25) is 9.59 Å². The van der Waals surface area contributed by atoms with Crippen molar-refractivity contribution in [1.82, 2.24) is 15.0 Å². The Hall–Kier alpha value is -2.90. The van der Waals surface area contributed by atoms with Gasteiger partial charge in [-0.05, 0) is 37.6 Å². The Bertz CT molecular complexity index is 742. The molecule has 0 aliphatic carbocycles. The summed E-state index contributed by atoms with van der Waals surface area (Å²) in [6.45, 7) is 5.48. The fourth-order valence-electron chi connectivity index (χ4n) is 2.29. The van der Waals surface area contributed by atoms with E-state index < -0.39 is 5.97 Å². The third-order valence-electron chi connectivity index (χ3n) is 3.97. The fraction of sp³-hybridized carbons (Fsp3) is 0.444. The molecule has 1 heterocycles. The van der Waals surface area contributed by atoms with E-state index in [0.29, 0.717) is 35.9 Å². The van der Waals surface area contributed by atoms with E-state index in [-0.39, 0.29) is 25.1 Å². The Morgan fingerprint density at radius 1 is 1.27 bits per heavy atom. The van der Waals surface area contributed by atoms with E-state index in [2.05, 4.69) is 10.1 Å². The third-order valence-corrected chi connectivity index (χ3v) is 3.97. The highest BCUT2D eigenvalue weighted by Gasteiger charge is 2.22. The quantitative estimate of drug-likeness (QED) is 0.731. The molecule has 1 atom stereocenters. The van der Waals surface area contributed by atoms with Crippen molar-refractivity contribution >= 4 is 11.9 Å². The van der Waals surface area contributed by atoms with Crippen LogP contribution in [0.25, 0.3) is 0 Å². The summed E-state index contributed by atoms with van der Waals surface area (Å²) in [5.74, 6) is 0.196. The van der Waals surface area contributed by atoms with Crippen LogP contribution in [0.2, 0.25) is 0 Å². The molecule has 0 bridgehead atoms. The van der Waals surface area contributed by atoms with Crippen LogP contribution in [0.3, 0.4) is 0 Å². The molecule has 1 aromatic carbocycles. The minimum absolute atomic E-state index is 0.162. The zero-order chi connectivity index (χ0) is 19.1. The van der Waals surface area contributed by atoms with Gasteiger partial charge < -0.3 is 19.3 Å². The first-order chi connectivity index (χ1) is 12.4. The van der Waals surface area contributed by atoms with Crippen LogP contribution in [0.5, 0.6) is 5.75 Å². The monoisotopic (exact) mass is 361 g/mol. The predicted octanol–water partition coefficient (Wildman–Crippen LogP) is 2.54. The number of amides is 1. The van der Waals surface area contributed by atoms with Crippen molar-refractivity contribution in [3.8, 4) is 5.75 Å². The molecule has 0 saturated carbocycles. The summed E-state index contributed by atoms with van der Waals surface area (Å²) >= 11 is 0. The first-order valence-electron chi connectivity index (χ1n) is 8.51. The lowest BCUT2D eigenvalue weighted by Gasteiger charge is -2.27. The summed E-state index contributed by atoms with van der Waals surface area (Å²) in [4.78, 5) is 29.1. The van der Waals surface area contributed by atoms with Gasteiger partial charge in [-0.15, -0.1) is 0 Å². The van der Waals surface area contributed by atoms with E-state index in [0.717, 1.165) is 0 Å². The van der Waals surface area contributed by atoms with Crippen LogP contribution < -0.4 is 4.74 Å². The summed E-state index contributed by atoms with van der Waals surface area (Å²) in [6.07, 6.45) is 1.33. The number of carbonyl (C=O) groups excluding carboxylic acids is 1. The SMILES string of the molecule is CCc1nc(COc2ccc(C(=O)N(CC(=O)O)C(C)CC)cc2)no1. The van der Waals surface area contributed by atoms with E-state index in [9.17, 15) is 9.59 Å². The number of rotatable bonds is 9. The molecular weight excluding hydrogens is 338 g/mol. The number of aliphatic carboxylic acids is 1. The van der Waals surface area contributed by atoms with E-state index in [1.54, 1.807) is 24.3 Å². The van der Waals surface area contributed by atoms with Crippen LogP contribution in [0.15, 0.2) is 28.8 Å². The van der Waals surface area contributed by atoms with E-state index in [4.69, 9.17) is 14.4 Å². The van der Waals surface area contributed by atoms with Crippen molar-refractivity contribution in [3.63, 3.8) is 0 Å². The maximum absolute atomic E-state index is 12.6. The number of nitrogens with zero attached hydrogens (tertiary/aromatic N) is 3. The molecule has 2 aromatic rings. The molecule has 26 heavy (non-hydrogen) atoms. The van der Waals surface area contributed by atoms with Gasteiger partial charge in [0.2, 0.25) is 11.7 Å². The third kappa shape index (κ3) is 5.05. The minimum atomic E-state index is -1.04. The maximum Gasteiger partial charge on any atom is 0.323 e. The van der Waals surface area contributed by atoms with Gasteiger partial charge in [0.15, 0.2) is 6.61 Å². The van der Waals surface area contributed by atoms with E-state index in [1.807, 2.05) is 20.8 Å². The standard InChI is InChI=1S/C18H23N3O5/c1-4-12(3)21(10-17(22)23)18(24)13-6-8-14(9-7-13)25-11-15-19-16(5-2)26-20-15/h6-9,12H,4-5,10-11H2,1-3H3,(H,22,23). The lowest BCUT2D eigenvalue weighted by atomic mass is 10.1. The van der Waals surface area contributed by atoms with Gasteiger partial charge in [0.25, 0.3) is 5.91 Å². The van der Waals surface area contributed by atoms with Gasteiger partial charge in [0.1, 0.15) is 12.3 Å². The molecule has 0 aliphatic heterocycles. The summed E-state index contributed by atoms with van der Waals surface area (Å²) in [7, 11) is 0. The lowest BCUT2D eigenvalue weighted by Crippen LogP contribution is -2.41. The minimum Gasteiger partial charge on any atom is -0.485 e. The molecule has 0 saturated heterocycles. The Balaban J connectivity index is 2.02. The largest absolute Gasteiger partial charge is 0.485 e. The van der Waals surface area contributed by atoms with Gasteiger partial charge in [-0.1, -0.05) is 19.0 Å². The van der Waals surface area contributed by atoms with Crippen molar-refractivity contribution in [2.24, 2.45) is 0 Å². The van der Waals surface area contributed by atoms with Crippen LogP contribution in [-0.4, -0.2) is 44.6 Å². The maximum atomic E-state index is 12.6. The van der Waals surface area contributed by atoms with E-state index in [1.165, 1.54) is 4.90 Å². The second-order valence-electron chi connectivity index (χ2n) is 5.86. The first-order valence-corrected chi connectivity index (χ1v) is 8.51. The van der Waals surface area contributed by atoms with Crippen molar-refractivity contribution in [1.29, 1.82) is 0 Å². The Morgan fingerprint density at radius 2 is 1.96 bits per heavy atom. The number of carbonyl (C=O) groups is 2. The number of ether oxygens (including phenoxy) is 1. The molecule has 1 N–H and O–H groups in total. The molecule has 1 aromatic heterocycles. The zero-order valence-corrected chi connectivity index (χ0v) is 15.1. The number of hydrogen-bond donors (Lipinski definition) is 1. The van der Waals surface area contributed by atoms with Crippen LogP contribution in [0, 0.1) is 0 Å². The molecule has 0 radical (unpaired) electrons. The molecule has 1 unspecified atom stereocenters. The smallest absolute Gasteiger partial charge is 0.323 e. The second kappa shape index (κ2) is 8.98. The predicted molar refractivity (Wildman–Crippen MR) is 92.9 cm³/mol. The normalized spacial score (nSPS) is 11.8. The molecule has 1 amide bonds. The summed E-state index contributed by atoms with van der Waals surface area (Å²) in [6, 6.07) is 6.37. The van der Waals surface area contributed by atoms with Crippen LogP contribution in [0.4, 0.5) is 0 Å². The number of carboxylic acids is 1. The first kappa shape index (κ1) is 19.4. The number of carboxylic acid groups (broad SMARTS) is 1. The molecule has 0 aliphatic rings. The van der Waals surface area contributed by atoms with Gasteiger partial charge in [0.05, 0.1) is 0 Å². The van der Waals surface area contributed by atoms with Crippen molar-refractivity contribution in [3.05, 3.63) is 41.5 Å². The molecule has 0 spiro atoms. The molecule has 8 heteroatoms. The fourth-order valence-corrected chi connectivity index (χ4v) is 2.29. The number of aryl methyl sites for hydroxylation is 1. The average Bonchev–Trinajstić information content (AvgIpc) is 3.11. The van der Waals surface area contributed by atoms with Crippen LogP contribution >= 0.6 is 0 Å². The van der Waals surface area contributed by atoms with Crippen LogP contribution in [0.1, 0.15) is 49.3 Å². The summed E-state index contributed by atoms with van der Waals surface area (Å²) in [5, 5.41) is 12.8. The number of hydrogen-bond acceptors (Lipinski definition) is 6. The van der Waals surface area contributed by atoms with Crippen molar-refractivity contribution in [2.45, 2.75) is 46.3 Å². The highest BCUT2D eigenvalue weighted by molar-refractivity contribution is 5.96. The highest BCUT2D eigenvalue weighted by atomic mass is 16.5. The van der Waals surface area contributed by atoms with E-state index >= 15 is 0 Å². The van der Waals surface area contributed by atoms with Gasteiger partial charge in [0, 0.05) is 18.0 Å². The van der Waals surface area contributed by atoms with Crippen molar-refractivity contribution < 1.29 is 24.0 Å². The lowest BCUT2D eigenvalue weighted by molar-refractivity contribution is -0.138. The molecule has 2 rings (SSSR count). The van der Waals surface area contributed by atoms with Crippen molar-refractivity contribution in [2.75, 3.05) is 6.54 Å². The second-order valence-corrected chi connectivity index (χ2v) is 5.86. The average molecular weight is 361 g/mol. The molecule has 8 nitrogen and oxygen atoms in total. The topological polar surface area (TPSA) is 106 Å². The van der Waals surface area contributed by atoms with Gasteiger partial charge >= 0.3 is 5.97 Å². The molecule has 140 valence electrons. The summed E-state index contributed by atoms with van der Waals surface area (Å²) < 4.78 is 10.6.